The summed E-state index contributed by atoms with van der Waals surface area (Å²) < 4.78 is 0. The fraction of sp³-hybridized carbons (Fsp3) is 0.522. The lowest BCUT2D eigenvalue weighted by Gasteiger charge is -2.40. The average Bonchev–Trinajstić information content (AvgIpc) is 2.81. The Hall–Kier alpha value is -2.22. The number of hydrogen-bond acceptors (Lipinski definition) is 6. The Morgan fingerprint density at radius 1 is 1.13 bits per heavy atom. The molecule has 31 heavy (non-hydrogen) atoms. The highest BCUT2D eigenvalue weighted by atomic mass is 35.5. The number of carbonyl (C=O) groups excluding carboxylic acids is 1. The number of likely N-dealkylation sites (N-methyl/N-ethyl adjacent to an activating group) is 1. The molecule has 1 aromatic heterocycles. The third-order valence-corrected chi connectivity index (χ3v) is 6.43. The van der Waals surface area contributed by atoms with Gasteiger partial charge >= 0.3 is 0 Å². The zero-order valence-electron chi connectivity index (χ0n) is 18.1. The average molecular weight is 443 g/mol. The number of carbonyl (C=O) groups is 1. The molecule has 1 aromatic carbocycles. The Morgan fingerprint density at radius 3 is 2.68 bits per heavy atom. The molecule has 1 atom stereocenters. The van der Waals surface area contributed by atoms with E-state index in [2.05, 4.69) is 61.3 Å². The van der Waals surface area contributed by atoms with E-state index in [1.54, 1.807) is 6.20 Å². The molecule has 7 nitrogen and oxygen atoms in total. The molecule has 2 aliphatic rings. The smallest absolute Gasteiger partial charge is 0.271 e. The van der Waals surface area contributed by atoms with Crippen LogP contribution in [0.1, 0.15) is 41.4 Å². The van der Waals surface area contributed by atoms with Crippen LogP contribution in [0.4, 0.5) is 5.95 Å². The van der Waals surface area contributed by atoms with Crippen LogP contribution >= 0.6 is 11.6 Å². The van der Waals surface area contributed by atoms with E-state index in [1.807, 2.05) is 6.07 Å². The predicted molar refractivity (Wildman–Crippen MR) is 124 cm³/mol. The molecule has 0 aliphatic carbocycles. The summed E-state index contributed by atoms with van der Waals surface area (Å²) in [4.78, 5) is 28.6. The Labute approximate surface area is 189 Å². The molecule has 1 amide bonds. The van der Waals surface area contributed by atoms with E-state index in [0.29, 0.717) is 23.6 Å². The summed E-state index contributed by atoms with van der Waals surface area (Å²) in [6.07, 6.45) is 5.02. The normalized spacial score (nSPS) is 20.6. The van der Waals surface area contributed by atoms with E-state index >= 15 is 0 Å². The first kappa shape index (κ1) is 22.0. The maximum Gasteiger partial charge on any atom is 0.271 e. The predicted octanol–water partition coefficient (Wildman–Crippen LogP) is 2.84. The lowest BCUT2D eigenvalue weighted by Crippen LogP contribution is -2.49. The molecule has 2 aliphatic heterocycles. The van der Waals surface area contributed by atoms with Gasteiger partial charge in [0.2, 0.25) is 5.95 Å². The van der Waals surface area contributed by atoms with E-state index < -0.39 is 0 Å². The summed E-state index contributed by atoms with van der Waals surface area (Å²) in [7, 11) is 2.16. The molecule has 2 aromatic rings. The highest BCUT2D eigenvalue weighted by molar-refractivity contribution is 6.33. The molecule has 0 saturated carbocycles. The maximum atomic E-state index is 12.8. The molecule has 0 radical (unpaired) electrons. The van der Waals surface area contributed by atoms with Crippen LogP contribution in [0.25, 0.3) is 0 Å². The first-order valence-corrected chi connectivity index (χ1v) is 11.5. The number of piperazine rings is 1. The number of amides is 1. The van der Waals surface area contributed by atoms with Gasteiger partial charge < -0.3 is 15.1 Å². The van der Waals surface area contributed by atoms with Crippen LogP contribution in [-0.2, 0) is 0 Å². The number of rotatable bonds is 6. The minimum absolute atomic E-state index is 0.240. The van der Waals surface area contributed by atoms with Crippen LogP contribution in [0, 0.1) is 0 Å². The maximum absolute atomic E-state index is 12.8. The van der Waals surface area contributed by atoms with Crippen molar-refractivity contribution in [1.82, 2.24) is 25.1 Å². The molecule has 2 saturated heterocycles. The largest absolute Gasteiger partial charge is 0.349 e. The highest BCUT2D eigenvalue weighted by Crippen LogP contribution is 2.24. The van der Waals surface area contributed by atoms with Gasteiger partial charge in [0.05, 0.1) is 11.2 Å². The lowest BCUT2D eigenvalue weighted by molar-refractivity contribution is 0.0840. The second-order valence-corrected chi connectivity index (χ2v) is 8.80. The molecule has 1 N–H and O–H groups in total. The second kappa shape index (κ2) is 10.4. The lowest BCUT2D eigenvalue weighted by atomic mass is 10.0. The first-order chi connectivity index (χ1) is 15.1. The fourth-order valence-corrected chi connectivity index (χ4v) is 4.55. The quantitative estimate of drug-likeness (QED) is 0.742. The molecule has 0 spiro atoms. The molecule has 2 fully saturated rings. The highest BCUT2D eigenvalue weighted by Gasteiger charge is 2.26. The number of nitrogens with one attached hydrogen (secondary N) is 1. The zero-order valence-corrected chi connectivity index (χ0v) is 18.9. The molecule has 8 heteroatoms. The number of anilines is 1. The monoisotopic (exact) mass is 442 g/mol. The van der Waals surface area contributed by atoms with Gasteiger partial charge in [0.25, 0.3) is 5.91 Å². The molecule has 0 unspecified atom stereocenters. The van der Waals surface area contributed by atoms with Crippen LogP contribution in [0.2, 0.25) is 5.02 Å². The molecule has 166 valence electrons. The Morgan fingerprint density at radius 2 is 1.90 bits per heavy atom. The zero-order chi connectivity index (χ0) is 21.6. The van der Waals surface area contributed by atoms with Crippen LogP contribution in [0.5, 0.6) is 0 Å². The molecule has 4 rings (SSSR count). The van der Waals surface area contributed by atoms with Gasteiger partial charge in [-0.05, 0) is 31.9 Å². The molecule has 0 bridgehead atoms. The third kappa shape index (κ3) is 5.53. The third-order valence-electron chi connectivity index (χ3n) is 6.15. The molecular weight excluding hydrogens is 412 g/mol. The number of hydrogen-bond donors (Lipinski definition) is 1. The summed E-state index contributed by atoms with van der Waals surface area (Å²) in [5, 5.41) is 3.30. The summed E-state index contributed by atoms with van der Waals surface area (Å²) >= 11 is 6.26. The van der Waals surface area contributed by atoms with Gasteiger partial charge in [-0.3, -0.25) is 9.69 Å². The molecular formula is C23H31ClN6O. The fourth-order valence-electron chi connectivity index (χ4n) is 4.38. The van der Waals surface area contributed by atoms with Crippen molar-refractivity contribution in [2.45, 2.75) is 25.3 Å². The topological polar surface area (TPSA) is 64.6 Å². The number of halogens is 1. The Kier molecular flexibility index (Phi) is 7.37. The van der Waals surface area contributed by atoms with Crippen molar-refractivity contribution in [2.75, 3.05) is 57.8 Å². The van der Waals surface area contributed by atoms with Crippen LogP contribution in [0.15, 0.2) is 36.5 Å². The number of nitrogens with zero attached hydrogens (tertiary/aromatic N) is 5. The summed E-state index contributed by atoms with van der Waals surface area (Å²) in [6.45, 7) is 6.15. The van der Waals surface area contributed by atoms with Crippen molar-refractivity contribution in [2.24, 2.45) is 0 Å². The second-order valence-electron chi connectivity index (χ2n) is 8.39. The van der Waals surface area contributed by atoms with E-state index in [1.165, 1.54) is 12.0 Å². The first-order valence-electron chi connectivity index (χ1n) is 11.1. The van der Waals surface area contributed by atoms with Crippen LogP contribution in [-0.4, -0.2) is 78.5 Å². The summed E-state index contributed by atoms with van der Waals surface area (Å²) in [6, 6.07) is 10.9. The van der Waals surface area contributed by atoms with Gasteiger partial charge in [0, 0.05) is 51.9 Å². The number of piperidine rings is 1. The number of aromatic nitrogens is 2. The standard InChI is InChI=1S/C23H31ClN6O/c1-28-14-15-29(20(17-28)18-8-4-2-5-9-18)13-10-25-22(31)21-19(24)16-26-23(27-21)30-11-6-3-7-12-30/h2,4-5,8-9,16,20H,3,6-7,10-15,17H2,1H3,(H,25,31)/t20-/m0/s1. The van der Waals surface area contributed by atoms with Gasteiger partial charge in [-0.2, -0.15) is 0 Å². The minimum atomic E-state index is -0.240. The van der Waals surface area contributed by atoms with Crippen molar-refractivity contribution in [3.8, 4) is 0 Å². The van der Waals surface area contributed by atoms with Crippen molar-refractivity contribution in [3.63, 3.8) is 0 Å². The summed E-state index contributed by atoms with van der Waals surface area (Å²) in [5.41, 5.74) is 1.57. The van der Waals surface area contributed by atoms with Crippen LogP contribution < -0.4 is 10.2 Å². The van der Waals surface area contributed by atoms with E-state index in [-0.39, 0.29) is 11.6 Å². The van der Waals surface area contributed by atoms with Gasteiger partial charge in [0.1, 0.15) is 0 Å². The Balaban J connectivity index is 1.37. The van der Waals surface area contributed by atoms with Crippen LogP contribution in [0.3, 0.4) is 0 Å². The van der Waals surface area contributed by atoms with Crippen molar-refractivity contribution in [1.29, 1.82) is 0 Å². The van der Waals surface area contributed by atoms with E-state index in [4.69, 9.17) is 11.6 Å². The number of benzene rings is 1. The van der Waals surface area contributed by atoms with Gasteiger partial charge in [0.15, 0.2) is 5.69 Å². The minimum Gasteiger partial charge on any atom is -0.349 e. The van der Waals surface area contributed by atoms with Crippen molar-refractivity contribution in [3.05, 3.63) is 52.8 Å². The van der Waals surface area contributed by atoms with Crippen molar-refractivity contribution >= 4 is 23.5 Å². The van der Waals surface area contributed by atoms with E-state index in [9.17, 15) is 4.79 Å². The van der Waals surface area contributed by atoms with Gasteiger partial charge in [-0.25, -0.2) is 9.97 Å². The summed E-state index contributed by atoms with van der Waals surface area (Å²) in [5.74, 6) is 0.355. The Bertz CT molecular complexity index is 874. The van der Waals surface area contributed by atoms with E-state index in [0.717, 1.165) is 52.1 Å². The van der Waals surface area contributed by atoms with Gasteiger partial charge in [-0.1, -0.05) is 41.9 Å². The van der Waals surface area contributed by atoms with Crippen molar-refractivity contribution < 1.29 is 4.79 Å². The molecule has 3 heterocycles. The SMILES string of the molecule is CN1CCN(CCNC(=O)c2nc(N3CCCCC3)ncc2Cl)[C@H](c2ccccc2)C1. The van der Waals surface area contributed by atoms with Gasteiger partial charge in [-0.15, -0.1) is 0 Å².